The zero-order chi connectivity index (χ0) is 8.74. The molecule has 0 spiro atoms. The van der Waals surface area contributed by atoms with Gasteiger partial charge in [-0.25, -0.2) is 0 Å². The van der Waals surface area contributed by atoms with Crippen molar-refractivity contribution < 1.29 is 14.2 Å². The maximum absolute atomic E-state index is 11.5. The largest absolute Gasteiger partial charge is 0.394 e. The van der Waals surface area contributed by atoms with Crippen LogP contribution in [0.3, 0.4) is 0 Å². The lowest BCUT2D eigenvalue weighted by atomic mass is 10.8. The first-order valence-corrected chi connectivity index (χ1v) is 5.54. The van der Waals surface area contributed by atoms with Crippen molar-refractivity contribution in [2.75, 3.05) is 19.4 Å². The van der Waals surface area contributed by atoms with Gasteiger partial charge in [-0.05, 0) is 12.7 Å². The monoisotopic (exact) mass is 178 g/mol. The Kier molecular flexibility index (Phi) is 5.47. The molecule has 0 aliphatic heterocycles. The number of rotatable bonds is 5. The molecule has 0 saturated carbocycles. The van der Waals surface area contributed by atoms with Gasteiger partial charge in [0.25, 0.3) is 0 Å². The average Bonchev–Trinajstić information content (AvgIpc) is 2.02. The second-order valence-electron chi connectivity index (χ2n) is 2.08. The summed E-state index contributed by atoms with van der Waals surface area (Å²) >= 11 is 0. The lowest BCUT2D eigenvalue weighted by Gasteiger charge is -2.10. The zero-order valence-electron chi connectivity index (χ0n) is 6.99. The summed E-state index contributed by atoms with van der Waals surface area (Å²) in [5, 5.41) is 8.42. The molecule has 1 atom stereocenters. The SMILES string of the molecule is CC=CP(=O)(CC)OCCO. The molecule has 1 unspecified atom stereocenters. The molecule has 0 saturated heterocycles. The Hall–Kier alpha value is -0.110. The fourth-order valence-corrected chi connectivity index (χ4v) is 1.99. The predicted octanol–water partition coefficient (Wildman–Crippen LogP) is 1.83. The van der Waals surface area contributed by atoms with Gasteiger partial charge in [-0.2, -0.15) is 0 Å². The van der Waals surface area contributed by atoms with Crippen LogP contribution in [0.2, 0.25) is 0 Å². The third-order valence-corrected chi connectivity index (χ3v) is 3.47. The van der Waals surface area contributed by atoms with Gasteiger partial charge in [0.1, 0.15) is 0 Å². The van der Waals surface area contributed by atoms with Gasteiger partial charge < -0.3 is 9.63 Å². The second-order valence-corrected chi connectivity index (χ2v) is 4.72. The van der Waals surface area contributed by atoms with E-state index < -0.39 is 7.37 Å². The number of aliphatic hydroxyl groups is 1. The molecular weight excluding hydrogens is 163 g/mol. The topological polar surface area (TPSA) is 46.5 Å². The number of aliphatic hydroxyl groups excluding tert-OH is 1. The van der Waals surface area contributed by atoms with E-state index in [9.17, 15) is 4.57 Å². The Balaban J connectivity index is 4.00. The van der Waals surface area contributed by atoms with Crippen LogP contribution >= 0.6 is 7.37 Å². The highest BCUT2D eigenvalue weighted by Crippen LogP contribution is 2.47. The molecule has 0 aromatic carbocycles. The van der Waals surface area contributed by atoms with Gasteiger partial charge in [-0.1, -0.05) is 13.0 Å². The van der Waals surface area contributed by atoms with Gasteiger partial charge in [-0.15, -0.1) is 0 Å². The molecular formula is C7H15O3P. The Morgan fingerprint density at radius 2 is 2.27 bits per heavy atom. The summed E-state index contributed by atoms with van der Waals surface area (Å²) in [5.41, 5.74) is 0. The van der Waals surface area contributed by atoms with E-state index in [1.807, 2.05) is 0 Å². The van der Waals surface area contributed by atoms with E-state index in [0.29, 0.717) is 6.16 Å². The second kappa shape index (κ2) is 5.53. The van der Waals surface area contributed by atoms with E-state index >= 15 is 0 Å². The van der Waals surface area contributed by atoms with Crippen molar-refractivity contribution in [2.24, 2.45) is 0 Å². The van der Waals surface area contributed by atoms with Crippen molar-refractivity contribution in [2.45, 2.75) is 13.8 Å². The molecule has 1 N–H and O–H groups in total. The molecule has 0 aliphatic carbocycles. The minimum atomic E-state index is -2.56. The van der Waals surface area contributed by atoms with Gasteiger partial charge in [0.15, 0.2) is 0 Å². The molecule has 0 aromatic rings. The number of hydrogen-bond acceptors (Lipinski definition) is 3. The summed E-state index contributed by atoms with van der Waals surface area (Å²) in [6.07, 6.45) is 2.19. The van der Waals surface area contributed by atoms with Crippen LogP contribution in [0.1, 0.15) is 13.8 Å². The van der Waals surface area contributed by atoms with Crippen LogP contribution in [0.15, 0.2) is 11.9 Å². The van der Waals surface area contributed by atoms with E-state index in [1.54, 1.807) is 25.7 Å². The van der Waals surface area contributed by atoms with Gasteiger partial charge in [0, 0.05) is 6.16 Å². The van der Waals surface area contributed by atoms with E-state index in [0.717, 1.165) is 0 Å². The van der Waals surface area contributed by atoms with Crippen LogP contribution in [0.5, 0.6) is 0 Å². The first-order chi connectivity index (χ1) is 5.18. The van der Waals surface area contributed by atoms with Crippen molar-refractivity contribution in [3.63, 3.8) is 0 Å². The molecule has 0 aliphatic rings. The molecule has 0 fully saturated rings. The lowest BCUT2D eigenvalue weighted by Crippen LogP contribution is -1.97. The molecule has 0 radical (unpaired) electrons. The maximum atomic E-state index is 11.5. The summed E-state index contributed by atoms with van der Waals surface area (Å²) in [7, 11) is -2.56. The van der Waals surface area contributed by atoms with Gasteiger partial charge in [0.05, 0.1) is 13.2 Å². The Morgan fingerprint density at radius 1 is 1.64 bits per heavy atom. The summed E-state index contributed by atoms with van der Waals surface area (Å²) < 4.78 is 16.5. The lowest BCUT2D eigenvalue weighted by molar-refractivity contribution is 0.205. The molecule has 66 valence electrons. The van der Waals surface area contributed by atoms with Crippen LogP contribution in [0.4, 0.5) is 0 Å². The molecule has 0 amide bonds. The quantitative estimate of drug-likeness (QED) is 0.653. The highest BCUT2D eigenvalue weighted by Gasteiger charge is 2.14. The highest BCUT2D eigenvalue weighted by molar-refractivity contribution is 7.62. The first kappa shape index (κ1) is 10.9. The van der Waals surface area contributed by atoms with Crippen LogP contribution < -0.4 is 0 Å². The van der Waals surface area contributed by atoms with E-state index in [1.165, 1.54) is 0 Å². The van der Waals surface area contributed by atoms with Gasteiger partial charge in [-0.3, -0.25) is 4.57 Å². The van der Waals surface area contributed by atoms with E-state index in [2.05, 4.69) is 0 Å². The smallest absolute Gasteiger partial charge is 0.224 e. The van der Waals surface area contributed by atoms with Crippen molar-refractivity contribution in [1.82, 2.24) is 0 Å². The van der Waals surface area contributed by atoms with E-state index in [-0.39, 0.29) is 13.2 Å². The fourth-order valence-electron chi connectivity index (χ4n) is 0.662. The fraction of sp³-hybridized carbons (Fsp3) is 0.714. The van der Waals surface area contributed by atoms with Gasteiger partial charge in [0.2, 0.25) is 7.37 Å². The summed E-state index contributed by atoms with van der Waals surface area (Å²) in [6, 6.07) is 0. The minimum absolute atomic E-state index is 0.0818. The van der Waals surface area contributed by atoms with Crippen LogP contribution in [-0.2, 0) is 9.09 Å². The molecule has 0 aromatic heterocycles. The Labute approximate surface area is 67.5 Å². The Bertz CT molecular complexity index is 165. The average molecular weight is 178 g/mol. The summed E-state index contributed by atoms with van der Waals surface area (Å²) in [6.45, 7) is 3.67. The highest BCUT2D eigenvalue weighted by atomic mass is 31.2. The van der Waals surface area contributed by atoms with Crippen molar-refractivity contribution in [3.05, 3.63) is 11.9 Å². The third-order valence-electron chi connectivity index (χ3n) is 1.22. The van der Waals surface area contributed by atoms with Crippen LogP contribution in [0.25, 0.3) is 0 Å². The maximum Gasteiger partial charge on any atom is 0.224 e. The molecule has 0 heterocycles. The van der Waals surface area contributed by atoms with Crippen LogP contribution in [0, 0.1) is 0 Å². The molecule has 0 bridgehead atoms. The summed E-state index contributed by atoms with van der Waals surface area (Å²) in [5.74, 6) is 1.57. The predicted molar refractivity (Wildman–Crippen MR) is 46.0 cm³/mol. The molecule has 0 rings (SSSR count). The van der Waals surface area contributed by atoms with E-state index in [4.69, 9.17) is 9.63 Å². The van der Waals surface area contributed by atoms with Gasteiger partial charge >= 0.3 is 0 Å². The number of allylic oxidation sites excluding steroid dienone is 1. The molecule has 4 heteroatoms. The normalized spacial score (nSPS) is 17.0. The minimum Gasteiger partial charge on any atom is -0.394 e. The number of hydrogen-bond donors (Lipinski definition) is 1. The van der Waals surface area contributed by atoms with Crippen molar-refractivity contribution >= 4 is 7.37 Å². The molecule has 3 nitrogen and oxygen atoms in total. The zero-order valence-corrected chi connectivity index (χ0v) is 7.88. The Morgan fingerprint density at radius 3 is 2.64 bits per heavy atom. The molecule has 11 heavy (non-hydrogen) atoms. The summed E-state index contributed by atoms with van der Waals surface area (Å²) in [4.78, 5) is 0. The van der Waals surface area contributed by atoms with Crippen molar-refractivity contribution in [1.29, 1.82) is 0 Å². The van der Waals surface area contributed by atoms with Crippen LogP contribution in [-0.4, -0.2) is 24.5 Å². The first-order valence-electron chi connectivity index (χ1n) is 3.66. The third kappa shape index (κ3) is 4.35. The standard InChI is InChI=1S/C7H15O3P/c1-3-7-11(9,4-2)10-6-5-8/h3,7-8H,4-6H2,1-2H3. The van der Waals surface area contributed by atoms with Crippen molar-refractivity contribution in [3.8, 4) is 0 Å².